The van der Waals surface area contributed by atoms with E-state index in [1.54, 1.807) is 50.6 Å². The molecule has 0 saturated carbocycles. The van der Waals surface area contributed by atoms with Gasteiger partial charge in [-0.15, -0.1) is 0 Å². The molecular weight excluding hydrogens is 427 g/mol. The minimum absolute atomic E-state index is 0.140. The van der Waals surface area contributed by atoms with Crippen LogP contribution < -0.4 is 10.9 Å². The Kier molecular flexibility index (Phi) is 6.09. The highest BCUT2D eigenvalue weighted by Gasteiger charge is 2.19. The number of hydrogen-bond acceptors (Lipinski definition) is 6. The maximum Gasteiger partial charge on any atom is 0.284 e. The summed E-state index contributed by atoms with van der Waals surface area (Å²) in [5.74, 6) is -0.997. The Labute approximate surface area is 188 Å². The van der Waals surface area contributed by atoms with Crippen molar-refractivity contribution in [3.63, 3.8) is 0 Å². The molecule has 1 aromatic carbocycles. The minimum Gasteiger partial charge on any atom is -0.394 e. The number of aryl methyl sites for hydroxylation is 1. The third-order valence-electron chi connectivity index (χ3n) is 4.92. The van der Waals surface area contributed by atoms with Gasteiger partial charge >= 0.3 is 0 Å². The number of aliphatic hydroxyl groups excluding tert-OH is 1. The van der Waals surface area contributed by atoms with Crippen molar-refractivity contribution in [1.29, 1.82) is 0 Å². The Hall–Kier alpha value is -4.18. The van der Waals surface area contributed by atoms with E-state index in [4.69, 9.17) is 0 Å². The van der Waals surface area contributed by atoms with Crippen molar-refractivity contribution in [3.8, 4) is 28.2 Å². The molecule has 0 bridgehead atoms. The van der Waals surface area contributed by atoms with Gasteiger partial charge in [0.2, 0.25) is 0 Å². The molecule has 2 N–H and O–H groups in total. The van der Waals surface area contributed by atoms with Gasteiger partial charge in [0.15, 0.2) is 0 Å². The fourth-order valence-corrected chi connectivity index (χ4v) is 3.20. The first-order valence-electron chi connectivity index (χ1n) is 10.1. The lowest BCUT2D eigenvalue weighted by atomic mass is 10.1. The Morgan fingerprint density at radius 1 is 1.15 bits per heavy atom. The van der Waals surface area contributed by atoms with Crippen molar-refractivity contribution in [2.75, 3.05) is 6.61 Å². The topological polar surface area (TPSA) is 115 Å². The van der Waals surface area contributed by atoms with Crippen molar-refractivity contribution in [3.05, 3.63) is 82.8 Å². The second-order valence-corrected chi connectivity index (χ2v) is 7.53. The molecule has 9 nitrogen and oxygen atoms in total. The fraction of sp³-hybridized carbons (Fsp3) is 0.174. The van der Waals surface area contributed by atoms with Crippen molar-refractivity contribution in [2.24, 2.45) is 7.05 Å². The van der Waals surface area contributed by atoms with Crippen molar-refractivity contribution in [1.82, 2.24) is 29.9 Å². The smallest absolute Gasteiger partial charge is 0.284 e. The zero-order chi connectivity index (χ0) is 23.5. The summed E-state index contributed by atoms with van der Waals surface area (Å²) in [5.41, 5.74) is 1.69. The molecule has 1 amide bonds. The average Bonchev–Trinajstić information content (AvgIpc) is 3.25. The summed E-state index contributed by atoms with van der Waals surface area (Å²) in [6.45, 7) is 1.35. The van der Waals surface area contributed by atoms with Gasteiger partial charge in [0.1, 0.15) is 17.1 Å². The third-order valence-corrected chi connectivity index (χ3v) is 4.92. The van der Waals surface area contributed by atoms with Crippen molar-refractivity contribution in [2.45, 2.75) is 13.0 Å². The van der Waals surface area contributed by atoms with Crippen LogP contribution in [0.3, 0.4) is 0 Å². The molecule has 4 rings (SSSR count). The van der Waals surface area contributed by atoms with Crippen LogP contribution in [0.25, 0.3) is 28.2 Å². The molecule has 10 heteroatoms. The average molecular weight is 448 g/mol. The summed E-state index contributed by atoms with van der Waals surface area (Å²) in [6, 6.07) is 10.4. The minimum atomic E-state index is -0.632. The Bertz CT molecular complexity index is 1360. The summed E-state index contributed by atoms with van der Waals surface area (Å²) < 4.78 is 16.2. The quantitative estimate of drug-likeness (QED) is 0.466. The Morgan fingerprint density at radius 2 is 1.97 bits per heavy atom. The van der Waals surface area contributed by atoms with E-state index in [9.17, 15) is 19.1 Å². The largest absolute Gasteiger partial charge is 0.394 e. The van der Waals surface area contributed by atoms with E-state index in [1.165, 1.54) is 29.1 Å². The Morgan fingerprint density at radius 3 is 2.61 bits per heavy atom. The molecule has 0 unspecified atom stereocenters. The standard InChI is InChI=1S/C23H21FN6O3/c1-14(13-31)27-22(32)19-9-21(28-30(23(19)33)18-11-26-29(2)12-18)16-6-7-20(25-10-16)15-4-3-5-17(24)8-15/h3-12,14,31H,13H2,1-2H3,(H,27,32)/t14-/m0/s1. The number of pyridine rings is 1. The molecule has 0 fully saturated rings. The van der Waals surface area contributed by atoms with Crippen LogP contribution in [0.15, 0.2) is 65.8 Å². The number of halogens is 1. The van der Waals surface area contributed by atoms with Crippen molar-refractivity contribution >= 4 is 5.91 Å². The predicted molar refractivity (Wildman–Crippen MR) is 119 cm³/mol. The molecule has 1 atom stereocenters. The van der Waals surface area contributed by atoms with E-state index in [-0.39, 0.29) is 18.0 Å². The molecular formula is C23H21FN6O3. The van der Waals surface area contributed by atoms with Gasteiger partial charge in [0.25, 0.3) is 11.5 Å². The first-order chi connectivity index (χ1) is 15.9. The highest BCUT2D eigenvalue weighted by Crippen LogP contribution is 2.22. The zero-order valence-corrected chi connectivity index (χ0v) is 17.9. The van der Waals surface area contributed by atoms with Crippen LogP contribution in [0.5, 0.6) is 0 Å². The second-order valence-electron chi connectivity index (χ2n) is 7.53. The first kappa shape index (κ1) is 22.0. The molecule has 0 radical (unpaired) electrons. The monoisotopic (exact) mass is 448 g/mol. The van der Waals surface area contributed by atoms with Gasteiger partial charge in [0.05, 0.1) is 30.4 Å². The van der Waals surface area contributed by atoms with Crippen LogP contribution in [0.1, 0.15) is 17.3 Å². The van der Waals surface area contributed by atoms with Crippen LogP contribution in [0, 0.1) is 5.82 Å². The maximum atomic E-state index is 13.5. The van der Waals surface area contributed by atoms with Crippen LogP contribution in [0.2, 0.25) is 0 Å². The molecule has 3 heterocycles. The lowest BCUT2D eigenvalue weighted by molar-refractivity contribution is 0.0920. The lowest BCUT2D eigenvalue weighted by Gasteiger charge is -2.13. The maximum absolute atomic E-state index is 13.5. The summed E-state index contributed by atoms with van der Waals surface area (Å²) in [7, 11) is 1.70. The van der Waals surface area contributed by atoms with Crippen LogP contribution in [-0.2, 0) is 7.05 Å². The number of hydrogen-bond donors (Lipinski definition) is 2. The van der Waals surface area contributed by atoms with Gasteiger partial charge in [-0.2, -0.15) is 14.9 Å². The van der Waals surface area contributed by atoms with Gasteiger partial charge in [-0.3, -0.25) is 19.3 Å². The van der Waals surface area contributed by atoms with Crippen LogP contribution in [0.4, 0.5) is 4.39 Å². The van der Waals surface area contributed by atoms with Gasteiger partial charge in [-0.25, -0.2) is 4.39 Å². The predicted octanol–water partition coefficient (Wildman–Crippen LogP) is 1.94. The molecule has 0 saturated heterocycles. The number of benzene rings is 1. The van der Waals surface area contributed by atoms with E-state index >= 15 is 0 Å². The van der Waals surface area contributed by atoms with E-state index in [0.717, 1.165) is 4.68 Å². The van der Waals surface area contributed by atoms with Crippen LogP contribution >= 0.6 is 0 Å². The zero-order valence-electron chi connectivity index (χ0n) is 17.9. The summed E-state index contributed by atoms with van der Waals surface area (Å²) >= 11 is 0. The number of aliphatic hydroxyl groups is 1. The van der Waals surface area contributed by atoms with E-state index in [1.807, 2.05) is 0 Å². The lowest BCUT2D eigenvalue weighted by Crippen LogP contribution is -2.39. The molecule has 3 aromatic heterocycles. The number of nitrogens with zero attached hydrogens (tertiary/aromatic N) is 5. The molecule has 0 aliphatic carbocycles. The van der Waals surface area contributed by atoms with Gasteiger partial charge < -0.3 is 10.4 Å². The van der Waals surface area contributed by atoms with E-state index in [2.05, 4.69) is 20.5 Å². The molecule has 33 heavy (non-hydrogen) atoms. The number of amides is 1. The van der Waals surface area contributed by atoms with Crippen molar-refractivity contribution < 1.29 is 14.3 Å². The Balaban J connectivity index is 1.79. The SMILES string of the molecule is C[C@@H](CO)NC(=O)c1cc(-c2ccc(-c3cccc(F)c3)nc2)nn(-c2cnn(C)c2)c1=O. The first-order valence-corrected chi connectivity index (χ1v) is 10.1. The number of nitrogens with one attached hydrogen (secondary N) is 1. The highest BCUT2D eigenvalue weighted by molar-refractivity contribution is 5.95. The molecule has 4 aromatic rings. The van der Waals surface area contributed by atoms with E-state index < -0.39 is 17.5 Å². The van der Waals surface area contributed by atoms with Crippen LogP contribution in [-0.4, -0.2) is 48.2 Å². The fourth-order valence-electron chi connectivity index (χ4n) is 3.20. The molecule has 0 aliphatic rings. The molecule has 168 valence electrons. The van der Waals surface area contributed by atoms with Gasteiger partial charge in [0, 0.05) is 30.4 Å². The van der Waals surface area contributed by atoms with Gasteiger partial charge in [-0.05, 0) is 37.3 Å². The summed E-state index contributed by atoms with van der Waals surface area (Å²) in [5, 5.41) is 20.3. The highest BCUT2D eigenvalue weighted by atomic mass is 19.1. The van der Waals surface area contributed by atoms with Gasteiger partial charge in [-0.1, -0.05) is 12.1 Å². The summed E-state index contributed by atoms with van der Waals surface area (Å²) in [6.07, 6.45) is 4.60. The number of carbonyl (C=O) groups excluding carboxylic acids is 1. The van der Waals surface area contributed by atoms with E-state index in [0.29, 0.717) is 28.2 Å². The number of rotatable bonds is 6. The molecule has 0 aliphatic heterocycles. The summed E-state index contributed by atoms with van der Waals surface area (Å²) in [4.78, 5) is 30.2. The number of aromatic nitrogens is 5. The second kappa shape index (κ2) is 9.13. The third kappa shape index (κ3) is 4.70. The normalized spacial score (nSPS) is 11.9. The molecule has 0 spiro atoms. The number of carbonyl (C=O) groups is 1.